The van der Waals surface area contributed by atoms with Gasteiger partial charge in [-0.25, -0.2) is 9.97 Å². The highest BCUT2D eigenvalue weighted by Gasteiger charge is 2.39. The van der Waals surface area contributed by atoms with Crippen LogP contribution in [0.3, 0.4) is 0 Å². The number of aryl methyl sites for hydroxylation is 1. The number of aromatic amines is 1. The van der Waals surface area contributed by atoms with Crippen molar-refractivity contribution in [2.24, 2.45) is 5.41 Å². The van der Waals surface area contributed by atoms with E-state index in [1.165, 1.54) is 17.7 Å². The number of nitrogens with one attached hydrogen (secondary N) is 2. The molecule has 0 saturated heterocycles. The van der Waals surface area contributed by atoms with Gasteiger partial charge in [-0.2, -0.15) is 5.10 Å². The Morgan fingerprint density at radius 3 is 3.14 bits per heavy atom. The Balaban J connectivity index is 1.78. The summed E-state index contributed by atoms with van der Waals surface area (Å²) in [5.74, 6) is 0.431. The summed E-state index contributed by atoms with van der Waals surface area (Å²) in [6.45, 7) is 3.92. The van der Waals surface area contributed by atoms with Gasteiger partial charge in [0.15, 0.2) is 10.8 Å². The summed E-state index contributed by atoms with van der Waals surface area (Å²) in [6.07, 6.45) is 4.26. The highest BCUT2D eigenvalue weighted by Crippen LogP contribution is 2.37. The summed E-state index contributed by atoms with van der Waals surface area (Å²) in [5, 5.41) is 19.8. The van der Waals surface area contributed by atoms with E-state index in [0.29, 0.717) is 21.4 Å². The zero-order chi connectivity index (χ0) is 15.7. The number of aliphatic hydroxyl groups excluding tert-OH is 1. The van der Waals surface area contributed by atoms with Crippen LogP contribution in [0, 0.1) is 12.3 Å². The van der Waals surface area contributed by atoms with Gasteiger partial charge in [0, 0.05) is 11.5 Å². The van der Waals surface area contributed by atoms with E-state index in [1.807, 2.05) is 13.8 Å². The Labute approximate surface area is 132 Å². The number of nitrogens with zero attached hydrogens (tertiary/aromatic N) is 3. The van der Waals surface area contributed by atoms with Crippen LogP contribution in [-0.4, -0.2) is 43.8 Å². The number of carbonyl (C=O) groups is 1. The number of aliphatic hydroxyl groups is 1. The highest BCUT2D eigenvalue weighted by atomic mass is 32.1. The molecule has 3 rings (SSSR count). The molecule has 3 N–H and O–H groups in total. The van der Waals surface area contributed by atoms with Crippen molar-refractivity contribution in [1.29, 1.82) is 0 Å². The van der Waals surface area contributed by atoms with Gasteiger partial charge in [0.25, 0.3) is 5.91 Å². The van der Waals surface area contributed by atoms with Gasteiger partial charge < -0.3 is 10.4 Å². The van der Waals surface area contributed by atoms with Crippen molar-refractivity contribution in [3.05, 3.63) is 16.9 Å². The van der Waals surface area contributed by atoms with Crippen molar-refractivity contribution < 1.29 is 9.90 Å². The molecule has 0 bridgehead atoms. The third kappa shape index (κ3) is 2.64. The molecule has 2 aromatic heterocycles. The number of hydrogen-bond donors (Lipinski definition) is 3. The van der Waals surface area contributed by atoms with Gasteiger partial charge in [-0.15, -0.1) is 11.3 Å². The SMILES string of the molecule is Cc1nc(-c2ncn[nH]2)sc1C(=O)NC1CCCC1(C)CO. The predicted octanol–water partition coefficient (Wildman–Crippen LogP) is 1.52. The molecule has 22 heavy (non-hydrogen) atoms. The maximum Gasteiger partial charge on any atom is 0.263 e. The van der Waals surface area contributed by atoms with Gasteiger partial charge in [0.05, 0.1) is 12.3 Å². The average Bonchev–Trinajstić information content (AvgIpc) is 3.20. The van der Waals surface area contributed by atoms with E-state index in [-0.39, 0.29) is 24.0 Å². The van der Waals surface area contributed by atoms with Crippen molar-refractivity contribution in [1.82, 2.24) is 25.5 Å². The Kier molecular flexibility index (Phi) is 3.96. The summed E-state index contributed by atoms with van der Waals surface area (Å²) in [6, 6.07) is 0.000212. The standard InChI is InChI=1S/C14H19N5O2S/c1-8-10(22-13(17-8)11-15-7-16-19-11)12(21)18-9-4-3-5-14(9,2)6-20/h7,9,20H,3-6H2,1-2H3,(H,18,21)(H,15,16,19). The summed E-state index contributed by atoms with van der Waals surface area (Å²) in [4.78, 5) is 21.6. The second-order valence-corrected chi connectivity index (χ2v) is 7.00. The molecule has 7 nitrogen and oxygen atoms in total. The summed E-state index contributed by atoms with van der Waals surface area (Å²) >= 11 is 1.30. The van der Waals surface area contributed by atoms with E-state index in [1.54, 1.807) is 0 Å². The van der Waals surface area contributed by atoms with Gasteiger partial charge in [-0.3, -0.25) is 9.89 Å². The first-order chi connectivity index (χ1) is 10.5. The molecular weight excluding hydrogens is 302 g/mol. The van der Waals surface area contributed by atoms with E-state index < -0.39 is 0 Å². The van der Waals surface area contributed by atoms with Gasteiger partial charge in [0.1, 0.15) is 11.2 Å². The number of thiazole rings is 1. The first kappa shape index (κ1) is 15.1. The molecule has 0 aliphatic heterocycles. The minimum atomic E-state index is -0.234. The Morgan fingerprint density at radius 1 is 1.64 bits per heavy atom. The lowest BCUT2D eigenvalue weighted by Crippen LogP contribution is -2.44. The molecule has 2 atom stereocenters. The second-order valence-electron chi connectivity index (χ2n) is 6.00. The molecule has 0 radical (unpaired) electrons. The molecule has 8 heteroatoms. The van der Waals surface area contributed by atoms with Crippen LogP contribution in [0.25, 0.3) is 10.8 Å². The van der Waals surface area contributed by atoms with E-state index in [0.717, 1.165) is 19.3 Å². The minimum absolute atomic E-state index is 0.000212. The van der Waals surface area contributed by atoms with Crippen LogP contribution in [0.15, 0.2) is 6.33 Å². The van der Waals surface area contributed by atoms with Crippen LogP contribution < -0.4 is 5.32 Å². The number of aromatic nitrogens is 4. The molecule has 1 aliphatic rings. The van der Waals surface area contributed by atoms with Crippen molar-refractivity contribution in [3.63, 3.8) is 0 Å². The van der Waals surface area contributed by atoms with Gasteiger partial charge in [-0.1, -0.05) is 13.3 Å². The van der Waals surface area contributed by atoms with Gasteiger partial charge in [-0.05, 0) is 19.8 Å². The number of H-pyrrole nitrogens is 1. The molecule has 1 aliphatic carbocycles. The minimum Gasteiger partial charge on any atom is -0.396 e. The summed E-state index contributed by atoms with van der Waals surface area (Å²) in [7, 11) is 0. The smallest absolute Gasteiger partial charge is 0.263 e. The maximum absolute atomic E-state index is 12.5. The molecule has 2 heterocycles. The van der Waals surface area contributed by atoms with Crippen LogP contribution in [-0.2, 0) is 0 Å². The maximum atomic E-state index is 12.5. The van der Waals surface area contributed by atoms with Gasteiger partial charge in [0.2, 0.25) is 0 Å². The molecule has 1 saturated carbocycles. The lowest BCUT2D eigenvalue weighted by molar-refractivity contribution is 0.0833. The van der Waals surface area contributed by atoms with Crippen molar-refractivity contribution in [3.8, 4) is 10.8 Å². The Hall–Kier alpha value is -1.80. The quantitative estimate of drug-likeness (QED) is 0.792. The molecule has 0 aromatic carbocycles. The lowest BCUT2D eigenvalue weighted by atomic mass is 9.86. The van der Waals surface area contributed by atoms with Crippen LogP contribution in [0.5, 0.6) is 0 Å². The van der Waals surface area contributed by atoms with Crippen LogP contribution in [0.2, 0.25) is 0 Å². The zero-order valence-corrected chi connectivity index (χ0v) is 13.4. The molecule has 2 unspecified atom stereocenters. The largest absolute Gasteiger partial charge is 0.396 e. The van der Waals surface area contributed by atoms with Crippen molar-refractivity contribution >= 4 is 17.2 Å². The molecular formula is C14H19N5O2S. The zero-order valence-electron chi connectivity index (χ0n) is 12.6. The third-order valence-corrected chi connectivity index (χ3v) is 5.53. The molecule has 2 aromatic rings. The molecule has 0 spiro atoms. The average molecular weight is 321 g/mol. The molecule has 118 valence electrons. The normalized spacial score (nSPS) is 24.6. The first-order valence-electron chi connectivity index (χ1n) is 7.28. The van der Waals surface area contributed by atoms with Crippen LogP contribution >= 0.6 is 11.3 Å². The topological polar surface area (TPSA) is 104 Å². The van der Waals surface area contributed by atoms with Gasteiger partial charge >= 0.3 is 0 Å². The fraction of sp³-hybridized carbons (Fsp3) is 0.571. The van der Waals surface area contributed by atoms with Crippen molar-refractivity contribution in [2.45, 2.75) is 39.2 Å². The van der Waals surface area contributed by atoms with E-state index in [2.05, 4.69) is 25.5 Å². The monoisotopic (exact) mass is 321 g/mol. The Morgan fingerprint density at radius 2 is 2.45 bits per heavy atom. The fourth-order valence-electron chi connectivity index (χ4n) is 2.91. The number of hydrogen-bond acceptors (Lipinski definition) is 6. The molecule has 1 amide bonds. The van der Waals surface area contributed by atoms with Crippen molar-refractivity contribution in [2.75, 3.05) is 6.61 Å². The first-order valence-corrected chi connectivity index (χ1v) is 8.10. The second kappa shape index (κ2) is 5.77. The number of amides is 1. The lowest BCUT2D eigenvalue weighted by Gasteiger charge is -2.29. The summed E-state index contributed by atoms with van der Waals surface area (Å²) in [5.41, 5.74) is 0.444. The fourth-order valence-corrected chi connectivity index (χ4v) is 3.82. The summed E-state index contributed by atoms with van der Waals surface area (Å²) < 4.78 is 0. The Bertz CT molecular complexity index is 669. The number of rotatable bonds is 4. The third-order valence-electron chi connectivity index (χ3n) is 4.37. The number of carbonyl (C=O) groups excluding carboxylic acids is 1. The molecule has 1 fully saturated rings. The predicted molar refractivity (Wildman–Crippen MR) is 82.5 cm³/mol. The van der Waals surface area contributed by atoms with E-state index in [4.69, 9.17) is 0 Å². The van der Waals surface area contributed by atoms with Crippen LogP contribution in [0.4, 0.5) is 0 Å². The van der Waals surface area contributed by atoms with Crippen LogP contribution in [0.1, 0.15) is 41.6 Å². The highest BCUT2D eigenvalue weighted by molar-refractivity contribution is 7.17. The van der Waals surface area contributed by atoms with E-state index in [9.17, 15) is 9.90 Å². The van der Waals surface area contributed by atoms with E-state index >= 15 is 0 Å².